The highest BCUT2D eigenvalue weighted by Crippen LogP contribution is 2.35. The van der Waals surface area contributed by atoms with Gasteiger partial charge in [-0.05, 0) is 24.7 Å². The number of nitrogen functional groups attached to an aromatic ring is 1. The summed E-state index contributed by atoms with van der Waals surface area (Å²) in [5.74, 6) is 1.81. The summed E-state index contributed by atoms with van der Waals surface area (Å²) in [6.07, 6.45) is 1.84. The summed E-state index contributed by atoms with van der Waals surface area (Å²) in [5.41, 5.74) is 6.96. The number of anilines is 2. The maximum atomic E-state index is 6.21. The number of nitrogens with zero attached hydrogens (tertiary/aromatic N) is 3. The predicted molar refractivity (Wildman–Crippen MR) is 87.0 cm³/mol. The van der Waals surface area contributed by atoms with Gasteiger partial charge in [0.2, 0.25) is 0 Å². The van der Waals surface area contributed by atoms with Gasteiger partial charge in [0.1, 0.15) is 11.6 Å². The van der Waals surface area contributed by atoms with E-state index in [1.54, 1.807) is 7.11 Å². The van der Waals surface area contributed by atoms with E-state index >= 15 is 0 Å². The number of nitrogens with two attached hydrogens (primary N) is 1. The van der Waals surface area contributed by atoms with Crippen molar-refractivity contribution < 1.29 is 4.74 Å². The highest BCUT2D eigenvalue weighted by molar-refractivity contribution is 6.04. The van der Waals surface area contributed by atoms with E-state index in [2.05, 4.69) is 21.7 Å². The van der Waals surface area contributed by atoms with E-state index < -0.39 is 0 Å². The van der Waals surface area contributed by atoms with Crippen LogP contribution < -0.4 is 15.4 Å². The van der Waals surface area contributed by atoms with Crippen LogP contribution in [0.15, 0.2) is 24.4 Å². The molecule has 2 N–H and O–H groups in total. The van der Waals surface area contributed by atoms with Crippen LogP contribution in [0, 0.1) is 0 Å². The largest absolute Gasteiger partial charge is 0.496 e. The molecule has 112 valence electrons. The third-order valence-corrected chi connectivity index (χ3v) is 4.24. The maximum absolute atomic E-state index is 6.21. The fourth-order valence-corrected chi connectivity index (χ4v) is 2.97. The van der Waals surface area contributed by atoms with Crippen LogP contribution in [0.5, 0.6) is 5.75 Å². The third kappa shape index (κ3) is 2.49. The molecule has 1 aromatic carbocycles. The fourth-order valence-electron chi connectivity index (χ4n) is 2.97. The summed E-state index contributed by atoms with van der Waals surface area (Å²) < 4.78 is 5.45. The van der Waals surface area contributed by atoms with Crippen molar-refractivity contribution >= 4 is 22.3 Å². The molecule has 1 aliphatic rings. The number of fused-ring (bicyclic) bond motifs is 1. The zero-order chi connectivity index (χ0) is 14.8. The standard InChI is InChI=1S/C16H22N4O/c1-3-19-8-10-20(11-9-19)16-15-12(6-7-18-16)14(21-2)5-4-13(15)17/h4-7H,3,8-11,17H2,1-2H3. The zero-order valence-corrected chi connectivity index (χ0v) is 12.7. The first-order valence-corrected chi connectivity index (χ1v) is 7.43. The molecule has 0 atom stereocenters. The van der Waals surface area contributed by atoms with E-state index in [0.717, 1.165) is 60.8 Å². The minimum atomic E-state index is 0.756. The SMILES string of the molecule is CCN1CCN(c2nccc3c(OC)ccc(N)c23)CC1. The topological polar surface area (TPSA) is 54.6 Å². The Morgan fingerprint density at radius 2 is 1.95 bits per heavy atom. The van der Waals surface area contributed by atoms with Crippen LogP contribution in [0.25, 0.3) is 10.8 Å². The number of aromatic nitrogens is 1. The van der Waals surface area contributed by atoms with Crippen molar-refractivity contribution in [3.63, 3.8) is 0 Å². The van der Waals surface area contributed by atoms with Crippen LogP contribution in [-0.4, -0.2) is 49.7 Å². The second kappa shape index (κ2) is 5.77. The second-order valence-corrected chi connectivity index (χ2v) is 5.34. The van der Waals surface area contributed by atoms with Crippen molar-refractivity contribution in [1.29, 1.82) is 0 Å². The van der Waals surface area contributed by atoms with Crippen LogP contribution in [0.3, 0.4) is 0 Å². The van der Waals surface area contributed by atoms with Gasteiger partial charge in [0.15, 0.2) is 0 Å². The van der Waals surface area contributed by atoms with Crippen molar-refractivity contribution in [2.24, 2.45) is 0 Å². The van der Waals surface area contributed by atoms with E-state index in [1.807, 2.05) is 24.4 Å². The number of methoxy groups -OCH3 is 1. The molecule has 0 saturated carbocycles. The first kappa shape index (κ1) is 13.9. The van der Waals surface area contributed by atoms with Gasteiger partial charge in [-0.2, -0.15) is 0 Å². The number of pyridine rings is 1. The lowest BCUT2D eigenvalue weighted by atomic mass is 10.1. The van der Waals surface area contributed by atoms with E-state index in [-0.39, 0.29) is 0 Å². The number of hydrogen-bond acceptors (Lipinski definition) is 5. The van der Waals surface area contributed by atoms with Gasteiger partial charge in [-0.3, -0.25) is 0 Å². The Morgan fingerprint density at radius 3 is 2.62 bits per heavy atom. The lowest BCUT2D eigenvalue weighted by Gasteiger charge is -2.35. The summed E-state index contributed by atoms with van der Waals surface area (Å²) in [4.78, 5) is 9.36. The van der Waals surface area contributed by atoms with E-state index in [0.29, 0.717) is 0 Å². The molecule has 1 fully saturated rings. The van der Waals surface area contributed by atoms with Gasteiger partial charge in [-0.25, -0.2) is 4.98 Å². The molecular formula is C16H22N4O. The van der Waals surface area contributed by atoms with Crippen molar-refractivity contribution in [3.8, 4) is 5.75 Å². The summed E-state index contributed by atoms with van der Waals surface area (Å²) in [7, 11) is 1.69. The molecule has 3 rings (SSSR count). The average Bonchev–Trinajstić information content (AvgIpc) is 2.55. The van der Waals surface area contributed by atoms with Crippen LogP contribution in [0.1, 0.15) is 6.92 Å². The van der Waals surface area contributed by atoms with Crippen LogP contribution in [0.4, 0.5) is 11.5 Å². The molecular weight excluding hydrogens is 264 g/mol. The van der Waals surface area contributed by atoms with Gasteiger partial charge in [-0.15, -0.1) is 0 Å². The maximum Gasteiger partial charge on any atom is 0.138 e. The number of benzene rings is 1. The summed E-state index contributed by atoms with van der Waals surface area (Å²) >= 11 is 0. The summed E-state index contributed by atoms with van der Waals surface area (Å²) in [5, 5.41) is 2.03. The third-order valence-electron chi connectivity index (χ3n) is 4.24. The van der Waals surface area contributed by atoms with E-state index in [1.165, 1.54) is 0 Å². The number of hydrogen-bond donors (Lipinski definition) is 1. The Morgan fingerprint density at radius 1 is 1.19 bits per heavy atom. The van der Waals surface area contributed by atoms with Crippen molar-refractivity contribution in [1.82, 2.24) is 9.88 Å². The van der Waals surface area contributed by atoms with Crippen LogP contribution >= 0.6 is 0 Å². The molecule has 2 aromatic rings. The van der Waals surface area contributed by atoms with Crippen LogP contribution in [0.2, 0.25) is 0 Å². The number of rotatable bonds is 3. The van der Waals surface area contributed by atoms with Crippen molar-refractivity contribution in [2.75, 3.05) is 50.5 Å². The molecule has 0 spiro atoms. The molecule has 5 heteroatoms. The number of ether oxygens (including phenoxy) is 1. The highest BCUT2D eigenvalue weighted by atomic mass is 16.5. The Bertz CT molecular complexity index is 635. The fraction of sp³-hybridized carbons (Fsp3) is 0.438. The van der Waals surface area contributed by atoms with Gasteiger partial charge in [0.25, 0.3) is 0 Å². The minimum absolute atomic E-state index is 0.756. The van der Waals surface area contributed by atoms with Gasteiger partial charge in [0, 0.05) is 43.4 Å². The quantitative estimate of drug-likeness (QED) is 0.874. The summed E-state index contributed by atoms with van der Waals surface area (Å²) in [6.45, 7) is 7.41. The smallest absolute Gasteiger partial charge is 0.138 e. The number of piperazine rings is 1. The van der Waals surface area contributed by atoms with E-state index in [9.17, 15) is 0 Å². The van der Waals surface area contributed by atoms with E-state index in [4.69, 9.17) is 10.5 Å². The normalized spacial score (nSPS) is 16.4. The summed E-state index contributed by atoms with van der Waals surface area (Å²) in [6, 6.07) is 5.78. The zero-order valence-electron chi connectivity index (χ0n) is 12.7. The Kier molecular flexibility index (Phi) is 3.84. The Hall–Kier alpha value is -2.01. The van der Waals surface area contributed by atoms with Crippen LogP contribution in [-0.2, 0) is 0 Å². The highest BCUT2D eigenvalue weighted by Gasteiger charge is 2.20. The molecule has 1 saturated heterocycles. The Labute approximate surface area is 125 Å². The Balaban J connectivity index is 2.03. The molecule has 21 heavy (non-hydrogen) atoms. The average molecular weight is 286 g/mol. The molecule has 2 heterocycles. The molecule has 1 aliphatic heterocycles. The molecule has 0 unspecified atom stereocenters. The molecule has 0 amide bonds. The predicted octanol–water partition coefficient (Wildman–Crippen LogP) is 1.97. The minimum Gasteiger partial charge on any atom is -0.496 e. The molecule has 5 nitrogen and oxygen atoms in total. The second-order valence-electron chi connectivity index (χ2n) is 5.34. The lowest BCUT2D eigenvalue weighted by Crippen LogP contribution is -2.46. The van der Waals surface area contributed by atoms with Crippen molar-refractivity contribution in [2.45, 2.75) is 6.92 Å². The first-order valence-electron chi connectivity index (χ1n) is 7.43. The van der Waals surface area contributed by atoms with Gasteiger partial charge >= 0.3 is 0 Å². The van der Waals surface area contributed by atoms with Crippen molar-refractivity contribution in [3.05, 3.63) is 24.4 Å². The number of likely N-dealkylation sites (N-methyl/N-ethyl adjacent to an activating group) is 1. The monoisotopic (exact) mass is 286 g/mol. The molecule has 0 aliphatic carbocycles. The van der Waals surface area contributed by atoms with Gasteiger partial charge in [0.05, 0.1) is 12.5 Å². The molecule has 1 aromatic heterocycles. The lowest BCUT2D eigenvalue weighted by molar-refractivity contribution is 0.271. The molecule has 0 radical (unpaired) electrons. The molecule has 0 bridgehead atoms. The van der Waals surface area contributed by atoms with Gasteiger partial charge in [-0.1, -0.05) is 6.92 Å². The van der Waals surface area contributed by atoms with Gasteiger partial charge < -0.3 is 20.3 Å². The first-order chi connectivity index (χ1) is 10.2.